The molecule has 1 aromatic heterocycles. The lowest BCUT2D eigenvalue weighted by Gasteiger charge is -2.12. The molecule has 0 spiro atoms. The van der Waals surface area contributed by atoms with Crippen molar-refractivity contribution < 1.29 is 9.47 Å². The molecule has 1 N–H and O–H groups in total. The quantitative estimate of drug-likeness (QED) is 0.781. The standard InChI is InChI=1S/C18H19N3O2/c1-12-4-7-16-15(8-12)18(21-11-20-16)19-10-13-5-6-14(22-2)9-17(13)23-3/h4-9,11H,10H2,1-3H3,(H,19,20,21). The molecule has 0 amide bonds. The number of methoxy groups -OCH3 is 2. The molecule has 1 heterocycles. The van der Waals surface area contributed by atoms with Crippen LogP contribution in [0.25, 0.3) is 10.9 Å². The minimum absolute atomic E-state index is 0.604. The minimum atomic E-state index is 0.604. The molecule has 3 rings (SSSR count). The molecular weight excluding hydrogens is 290 g/mol. The number of rotatable bonds is 5. The van der Waals surface area contributed by atoms with Crippen LogP contribution in [0.4, 0.5) is 5.82 Å². The first-order valence-electron chi connectivity index (χ1n) is 7.37. The molecule has 0 aliphatic heterocycles. The Balaban J connectivity index is 1.88. The van der Waals surface area contributed by atoms with Crippen LogP contribution in [0.2, 0.25) is 0 Å². The second-order valence-electron chi connectivity index (χ2n) is 5.27. The van der Waals surface area contributed by atoms with Crippen molar-refractivity contribution in [2.24, 2.45) is 0 Å². The summed E-state index contributed by atoms with van der Waals surface area (Å²) in [6.07, 6.45) is 1.57. The molecule has 0 unspecified atom stereocenters. The van der Waals surface area contributed by atoms with Crippen molar-refractivity contribution in [2.45, 2.75) is 13.5 Å². The molecule has 0 atom stereocenters. The normalized spacial score (nSPS) is 10.6. The number of benzene rings is 2. The zero-order valence-electron chi connectivity index (χ0n) is 13.5. The van der Waals surface area contributed by atoms with Crippen molar-refractivity contribution >= 4 is 16.7 Å². The van der Waals surface area contributed by atoms with Crippen LogP contribution in [0.1, 0.15) is 11.1 Å². The summed E-state index contributed by atoms with van der Waals surface area (Å²) in [6.45, 7) is 2.66. The largest absolute Gasteiger partial charge is 0.497 e. The number of aryl methyl sites for hydroxylation is 1. The number of aromatic nitrogens is 2. The lowest BCUT2D eigenvalue weighted by molar-refractivity contribution is 0.391. The van der Waals surface area contributed by atoms with Crippen LogP contribution >= 0.6 is 0 Å². The summed E-state index contributed by atoms with van der Waals surface area (Å²) in [4.78, 5) is 8.67. The molecule has 0 radical (unpaired) electrons. The highest BCUT2D eigenvalue weighted by Crippen LogP contribution is 2.26. The van der Waals surface area contributed by atoms with Crippen LogP contribution in [-0.2, 0) is 6.54 Å². The van der Waals surface area contributed by atoms with Crippen molar-refractivity contribution in [1.82, 2.24) is 9.97 Å². The highest BCUT2D eigenvalue weighted by molar-refractivity contribution is 5.89. The number of hydrogen-bond donors (Lipinski definition) is 1. The van der Waals surface area contributed by atoms with Crippen LogP contribution in [0.3, 0.4) is 0 Å². The van der Waals surface area contributed by atoms with E-state index in [9.17, 15) is 0 Å². The van der Waals surface area contributed by atoms with Gasteiger partial charge in [0.05, 0.1) is 19.7 Å². The third-order valence-electron chi connectivity index (χ3n) is 3.73. The van der Waals surface area contributed by atoms with Crippen LogP contribution in [-0.4, -0.2) is 24.2 Å². The van der Waals surface area contributed by atoms with Crippen molar-refractivity contribution in [3.05, 3.63) is 53.9 Å². The van der Waals surface area contributed by atoms with Crippen LogP contribution in [0.5, 0.6) is 11.5 Å². The molecule has 5 heteroatoms. The average Bonchev–Trinajstić information content (AvgIpc) is 2.59. The highest BCUT2D eigenvalue weighted by Gasteiger charge is 2.07. The topological polar surface area (TPSA) is 56.3 Å². The molecular formula is C18H19N3O2. The predicted octanol–water partition coefficient (Wildman–Crippen LogP) is 3.57. The van der Waals surface area contributed by atoms with Crippen LogP contribution < -0.4 is 14.8 Å². The molecule has 0 bridgehead atoms. The minimum Gasteiger partial charge on any atom is -0.497 e. The summed E-state index contributed by atoms with van der Waals surface area (Å²) >= 11 is 0. The van der Waals surface area contributed by atoms with Crippen molar-refractivity contribution in [3.63, 3.8) is 0 Å². The van der Waals surface area contributed by atoms with Gasteiger partial charge in [-0.25, -0.2) is 9.97 Å². The van der Waals surface area contributed by atoms with E-state index in [1.807, 2.05) is 30.3 Å². The molecule has 23 heavy (non-hydrogen) atoms. The predicted molar refractivity (Wildman–Crippen MR) is 91.1 cm³/mol. The number of hydrogen-bond acceptors (Lipinski definition) is 5. The Labute approximate surface area is 135 Å². The summed E-state index contributed by atoms with van der Waals surface area (Å²) in [5, 5.41) is 4.39. The molecule has 5 nitrogen and oxygen atoms in total. The van der Waals surface area contributed by atoms with E-state index < -0.39 is 0 Å². The fourth-order valence-corrected chi connectivity index (χ4v) is 2.49. The molecule has 2 aromatic carbocycles. The Morgan fingerprint density at radius 2 is 1.87 bits per heavy atom. The van der Waals surface area contributed by atoms with E-state index in [4.69, 9.17) is 9.47 Å². The van der Waals surface area contributed by atoms with Crippen molar-refractivity contribution in [1.29, 1.82) is 0 Å². The molecule has 3 aromatic rings. The van der Waals surface area contributed by atoms with E-state index in [2.05, 4.69) is 28.3 Å². The lowest BCUT2D eigenvalue weighted by Crippen LogP contribution is -2.04. The molecule has 0 saturated heterocycles. The van der Waals surface area contributed by atoms with Crippen molar-refractivity contribution in [2.75, 3.05) is 19.5 Å². The lowest BCUT2D eigenvalue weighted by atomic mass is 10.1. The number of ether oxygens (including phenoxy) is 2. The van der Waals surface area contributed by atoms with Crippen molar-refractivity contribution in [3.8, 4) is 11.5 Å². The van der Waals surface area contributed by atoms with Gasteiger partial charge in [-0.1, -0.05) is 11.6 Å². The van der Waals surface area contributed by atoms with Crippen LogP contribution in [0, 0.1) is 6.92 Å². The summed E-state index contributed by atoms with van der Waals surface area (Å²) in [6, 6.07) is 11.9. The molecule has 118 valence electrons. The number of nitrogens with zero attached hydrogens (tertiary/aromatic N) is 2. The van der Waals surface area contributed by atoms with Gasteiger partial charge in [-0.05, 0) is 31.2 Å². The Kier molecular flexibility index (Phi) is 4.28. The zero-order valence-corrected chi connectivity index (χ0v) is 13.5. The Morgan fingerprint density at radius 3 is 2.65 bits per heavy atom. The van der Waals surface area contributed by atoms with Gasteiger partial charge in [-0.15, -0.1) is 0 Å². The fraction of sp³-hybridized carbons (Fsp3) is 0.222. The smallest absolute Gasteiger partial charge is 0.137 e. The van der Waals surface area contributed by atoms with Gasteiger partial charge < -0.3 is 14.8 Å². The number of nitrogens with one attached hydrogen (secondary N) is 1. The number of fused-ring (bicyclic) bond motifs is 1. The summed E-state index contributed by atoms with van der Waals surface area (Å²) < 4.78 is 10.7. The third-order valence-corrected chi connectivity index (χ3v) is 3.73. The van der Waals surface area contributed by atoms with Gasteiger partial charge in [0.25, 0.3) is 0 Å². The summed E-state index contributed by atoms with van der Waals surface area (Å²) in [5.41, 5.74) is 3.14. The SMILES string of the molecule is COc1ccc(CNc2ncnc3ccc(C)cc23)c(OC)c1. The Hall–Kier alpha value is -2.82. The maximum Gasteiger partial charge on any atom is 0.137 e. The van der Waals surface area contributed by atoms with E-state index in [0.29, 0.717) is 6.54 Å². The number of anilines is 1. The Morgan fingerprint density at radius 1 is 1.00 bits per heavy atom. The van der Waals surface area contributed by atoms with Gasteiger partial charge >= 0.3 is 0 Å². The molecule has 0 aliphatic rings. The van der Waals surface area contributed by atoms with Gasteiger partial charge in [0.2, 0.25) is 0 Å². The van der Waals surface area contributed by atoms with Gasteiger partial charge in [0.1, 0.15) is 23.6 Å². The van der Waals surface area contributed by atoms with E-state index in [1.54, 1.807) is 20.5 Å². The fourth-order valence-electron chi connectivity index (χ4n) is 2.49. The summed E-state index contributed by atoms with van der Waals surface area (Å²) in [7, 11) is 3.30. The maximum absolute atomic E-state index is 5.43. The highest BCUT2D eigenvalue weighted by atomic mass is 16.5. The van der Waals surface area contributed by atoms with E-state index in [-0.39, 0.29) is 0 Å². The second-order valence-corrected chi connectivity index (χ2v) is 5.27. The van der Waals surface area contributed by atoms with E-state index >= 15 is 0 Å². The van der Waals surface area contributed by atoms with Gasteiger partial charge in [-0.2, -0.15) is 0 Å². The first-order valence-corrected chi connectivity index (χ1v) is 7.37. The van der Waals surface area contributed by atoms with Gasteiger partial charge in [0.15, 0.2) is 0 Å². The first kappa shape index (κ1) is 15.1. The third kappa shape index (κ3) is 3.18. The Bertz CT molecular complexity index is 834. The van der Waals surface area contributed by atoms with Gasteiger partial charge in [-0.3, -0.25) is 0 Å². The maximum atomic E-state index is 5.43. The molecule has 0 fully saturated rings. The zero-order chi connectivity index (χ0) is 16.2. The monoisotopic (exact) mass is 309 g/mol. The second kappa shape index (κ2) is 6.52. The molecule has 0 saturated carbocycles. The van der Waals surface area contributed by atoms with Gasteiger partial charge in [0, 0.05) is 23.6 Å². The summed E-state index contributed by atoms with van der Waals surface area (Å²) in [5.74, 6) is 2.37. The average molecular weight is 309 g/mol. The molecule has 0 aliphatic carbocycles. The first-order chi connectivity index (χ1) is 11.2. The van der Waals surface area contributed by atoms with E-state index in [0.717, 1.165) is 33.8 Å². The van der Waals surface area contributed by atoms with E-state index in [1.165, 1.54) is 5.56 Å². The van der Waals surface area contributed by atoms with Crippen LogP contribution in [0.15, 0.2) is 42.7 Å².